The molecule has 0 unspecified atom stereocenters. The summed E-state index contributed by atoms with van der Waals surface area (Å²) in [5.41, 5.74) is -4.41. The number of alkyl halides is 6. The summed E-state index contributed by atoms with van der Waals surface area (Å²) in [6, 6.07) is 0.164. The van der Waals surface area contributed by atoms with Gasteiger partial charge in [0.2, 0.25) is 0 Å². The number of halogens is 7. The average Bonchev–Trinajstić information content (AvgIpc) is 2.23. The van der Waals surface area contributed by atoms with E-state index in [1.807, 2.05) is 0 Å². The Morgan fingerprint density at radius 1 is 1.11 bits per heavy atom. The van der Waals surface area contributed by atoms with E-state index in [4.69, 9.17) is 11.6 Å². The Bertz CT molecular complexity index is 506. The first-order valence-electron chi connectivity index (χ1n) is 4.54. The monoisotopic (exact) mass is 306 g/mol. The number of esters is 1. The number of hydrogen-bond acceptors (Lipinski definition) is 2. The Hall–Kier alpha value is -1.44. The first-order chi connectivity index (χ1) is 8.48. The Balaban J connectivity index is 3.62. The van der Waals surface area contributed by atoms with Gasteiger partial charge in [0.1, 0.15) is 0 Å². The number of benzene rings is 1. The van der Waals surface area contributed by atoms with Crippen LogP contribution >= 0.6 is 11.6 Å². The van der Waals surface area contributed by atoms with E-state index in [1.54, 1.807) is 0 Å². The third-order valence-corrected chi connectivity index (χ3v) is 2.40. The first-order valence-corrected chi connectivity index (χ1v) is 4.92. The molecule has 106 valence electrons. The summed E-state index contributed by atoms with van der Waals surface area (Å²) >= 11 is 5.20. The Labute approximate surface area is 107 Å². The van der Waals surface area contributed by atoms with Crippen molar-refractivity contribution in [3.8, 4) is 0 Å². The van der Waals surface area contributed by atoms with Crippen molar-refractivity contribution in [3.63, 3.8) is 0 Å². The summed E-state index contributed by atoms with van der Waals surface area (Å²) in [7, 11) is 0.747. The topological polar surface area (TPSA) is 26.3 Å². The Kier molecular flexibility index (Phi) is 4.04. The predicted molar refractivity (Wildman–Crippen MR) is 52.8 cm³/mol. The van der Waals surface area contributed by atoms with Crippen molar-refractivity contribution in [2.75, 3.05) is 7.11 Å². The smallest absolute Gasteiger partial charge is 0.418 e. The van der Waals surface area contributed by atoms with E-state index in [1.165, 1.54) is 0 Å². The van der Waals surface area contributed by atoms with Crippen LogP contribution in [0.25, 0.3) is 0 Å². The van der Waals surface area contributed by atoms with Gasteiger partial charge in [-0.05, 0) is 12.1 Å². The number of carbonyl (C=O) groups excluding carboxylic acids is 1. The van der Waals surface area contributed by atoms with Gasteiger partial charge in [0, 0.05) is 0 Å². The number of hydrogen-bond donors (Lipinski definition) is 0. The molecule has 0 saturated heterocycles. The van der Waals surface area contributed by atoms with Crippen LogP contribution in [0, 0.1) is 0 Å². The molecule has 0 spiro atoms. The second-order valence-corrected chi connectivity index (χ2v) is 3.77. The van der Waals surface area contributed by atoms with Gasteiger partial charge in [-0.1, -0.05) is 11.6 Å². The maximum Gasteiger partial charge on any atom is 0.418 e. The maximum absolute atomic E-state index is 12.7. The molecule has 0 bridgehead atoms. The summed E-state index contributed by atoms with van der Waals surface area (Å²) in [4.78, 5) is 11.2. The van der Waals surface area contributed by atoms with Crippen molar-refractivity contribution >= 4 is 17.6 Å². The molecule has 0 fully saturated rings. The molecule has 0 aliphatic rings. The summed E-state index contributed by atoms with van der Waals surface area (Å²) in [6.45, 7) is 0. The third-order valence-electron chi connectivity index (χ3n) is 2.11. The molecule has 0 atom stereocenters. The van der Waals surface area contributed by atoms with E-state index in [2.05, 4.69) is 4.74 Å². The first kappa shape index (κ1) is 15.6. The molecule has 2 nitrogen and oxygen atoms in total. The highest BCUT2D eigenvalue weighted by atomic mass is 35.5. The van der Waals surface area contributed by atoms with Crippen LogP contribution in [-0.4, -0.2) is 13.1 Å². The van der Waals surface area contributed by atoms with Gasteiger partial charge in [-0.25, -0.2) is 4.79 Å². The second kappa shape index (κ2) is 4.92. The van der Waals surface area contributed by atoms with E-state index >= 15 is 0 Å². The van der Waals surface area contributed by atoms with Gasteiger partial charge in [-0.2, -0.15) is 26.3 Å². The van der Waals surface area contributed by atoms with Crippen LogP contribution in [0.5, 0.6) is 0 Å². The summed E-state index contributed by atoms with van der Waals surface area (Å²) in [5, 5.41) is -1.22. The molecule has 19 heavy (non-hydrogen) atoms. The van der Waals surface area contributed by atoms with Gasteiger partial charge in [0.05, 0.1) is 28.8 Å². The fraction of sp³-hybridized carbons (Fsp3) is 0.300. The lowest BCUT2D eigenvalue weighted by molar-refractivity contribution is -0.141. The zero-order valence-electron chi connectivity index (χ0n) is 9.12. The molecule has 0 N–H and O–H groups in total. The summed E-state index contributed by atoms with van der Waals surface area (Å²) in [6.07, 6.45) is -10.0. The van der Waals surface area contributed by atoms with Gasteiger partial charge < -0.3 is 4.74 Å². The molecule has 1 aromatic carbocycles. The maximum atomic E-state index is 12.7. The molecule has 0 radical (unpaired) electrons. The highest BCUT2D eigenvalue weighted by Gasteiger charge is 2.41. The third kappa shape index (κ3) is 3.31. The highest BCUT2D eigenvalue weighted by molar-refractivity contribution is 6.32. The van der Waals surface area contributed by atoms with Gasteiger partial charge in [0.15, 0.2) is 0 Å². The zero-order chi connectivity index (χ0) is 15.0. The zero-order valence-corrected chi connectivity index (χ0v) is 9.87. The fourth-order valence-electron chi connectivity index (χ4n) is 1.33. The van der Waals surface area contributed by atoms with Crippen molar-refractivity contribution in [1.82, 2.24) is 0 Å². The number of methoxy groups -OCH3 is 1. The number of rotatable bonds is 1. The quantitative estimate of drug-likeness (QED) is 0.575. The van der Waals surface area contributed by atoms with E-state index in [9.17, 15) is 31.1 Å². The van der Waals surface area contributed by atoms with Gasteiger partial charge in [0.25, 0.3) is 0 Å². The molecule has 1 aromatic rings. The molecule has 0 aliphatic heterocycles. The largest absolute Gasteiger partial charge is 0.465 e. The van der Waals surface area contributed by atoms with E-state index < -0.39 is 40.0 Å². The van der Waals surface area contributed by atoms with Crippen LogP contribution in [-0.2, 0) is 17.1 Å². The number of ether oxygens (including phenoxy) is 1. The van der Waals surface area contributed by atoms with Crippen LogP contribution in [0.15, 0.2) is 12.1 Å². The van der Waals surface area contributed by atoms with Crippen LogP contribution in [0.1, 0.15) is 21.5 Å². The van der Waals surface area contributed by atoms with E-state index in [-0.39, 0.29) is 12.1 Å². The number of carbonyl (C=O) groups is 1. The summed E-state index contributed by atoms with van der Waals surface area (Å²) < 4.78 is 79.4. The van der Waals surface area contributed by atoms with Crippen molar-refractivity contribution in [1.29, 1.82) is 0 Å². The SMILES string of the molecule is COC(=O)c1cc(C(F)(F)F)cc(Cl)c1C(F)(F)F. The lowest BCUT2D eigenvalue weighted by Crippen LogP contribution is -2.17. The minimum absolute atomic E-state index is 0.0561. The van der Waals surface area contributed by atoms with E-state index in [0.29, 0.717) is 0 Å². The Morgan fingerprint density at radius 3 is 2.00 bits per heavy atom. The van der Waals surface area contributed by atoms with Crippen molar-refractivity contribution in [2.24, 2.45) is 0 Å². The minimum Gasteiger partial charge on any atom is -0.465 e. The molecule has 0 heterocycles. The van der Waals surface area contributed by atoms with E-state index in [0.717, 1.165) is 7.11 Å². The van der Waals surface area contributed by atoms with Gasteiger partial charge in [-0.3, -0.25) is 0 Å². The van der Waals surface area contributed by atoms with Crippen molar-refractivity contribution in [2.45, 2.75) is 12.4 Å². The fourth-order valence-corrected chi connectivity index (χ4v) is 1.66. The normalized spacial score (nSPS) is 12.4. The lowest BCUT2D eigenvalue weighted by atomic mass is 10.0. The molecule has 0 aromatic heterocycles. The lowest BCUT2D eigenvalue weighted by Gasteiger charge is -2.16. The van der Waals surface area contributed by atoms with Crippen molar-refractivity contribution < 1.29 is 35.9 Å². The second-order valence-electron chi connectivity index (χ2n) is 3.37. The van der Waals surface area contributed by atoms with Crippen molar-refractivity contribution in [3.05, 3.63) is 33.8 Å². The van der Waals surface area contributed by atoms with Crippen LogP contribution in [0.2, 0.25) is 5.02 Å². The molecule has 1 rings (SSSR count). The molecular weight excluding hydrogens is 302 g/mol. The Morgan fingerprint density at radius 2 is 1.63 bits per heavy atom. The van der Waals surface area contributed by atoms with Gasteiger partial charge in [-0.15, -0.1) is 0 Å². The minimum atomic E-state index is -5.08. The predicted octanol–water partition coefficient (Wildman–Crippen LogP) is 4.16. The van der Waals surface area contributed by atoms with Crippen LogP contribution in [0.4, 0.5) is 26.3 Å². The van der Waals surface area contributed by atoms with Gasteiger partial charge >= 0.3 is 18.3 Å². The van der Waals surface area contributed by atoms with Crippen LogP contribution in [0.3, 0.4) is 0 Å². The van der Waals surface area contributed by atoms with Crippen LogP contribution < -0.4 is 0 Å². The average molecular weight is 307 g/mol. The molecular formula is C10H5ClF6O2. The molecule has 0 aliphatic carbocycles. The standard InChI is InChI=1S/C10H5ClF6O2/c1-19-8(18)5-2-4(9(12,13)14)3-6(11)7(5)10(15,16)17/h2-3H,1H3. The molecule has 0 amide bonds. The highest BCUT2D eigenvalue weighted by Crippen LogP contribution is 2.41. The molecule has 9 heteroatoms. The molecule has 0 saturated carbocycles. The summed E-state index contributed by atoms with van der Waals surface area (Å²) in [5.74, 6) is -1.56.